The molecular formula is C16H25ClN6. The van der Waals surface area contributed by atoms with Crippen LogP contribution in [-0.4, -0.2) is 59.1 Å². The maximum absolute atomic E-state index is 5.86. The summed E-state index contributed by atoms with van der Waals surface area (Å²) in [5.41, 5.74) is 0. The van der Waals surface area contributed by atoms with Gasteiger partial charge in [-0.2, -0.15) is 0 Å². The summed E-state index contributed by atoms with van der Waals surface area (Å²) in [6.07, 6.45) is 9.02. The molecule has 1 aliphatic rings. The summed E-state index contributed by atoms with van der Waals surface area (Å²) in [6, 6.07) is 1.85. The van der Waals surface area contributed by atoms with Crippen molar-refractivity contribution in [1.29, 1.82) is 0 Å². The van der Waals surface area contributed by atoms with Gasteiger partial charge in [0.2, 0.25) is 5.95 Å². The Balaban J connectivity index is 1.61. The minimum atomic E-state index is 0.562. The Morgan fingerprint density at radius 2 is 1.96 bits per heavy atom. The average molecular weight is 337 g/mol. The molecular weight excluding hydrogens is 312 g/mol. The van der Waals surface area contributed by atoms with Gasteiger partial charge in [0.1, 0.15) is 0 Å². The molecule has 0 aliphatic carbocycles. The molecule has 7 heteroatoms. The van der Waals surface area contributed by atoms with E-state index in [1.54, 1.807) is 29.7 Å². The molecule has 2 heterocycles. The summed E-state index contributed by atoms with van der Waals surface area (Å²) in [5, 5.41) is 2.18. The first-order valence-electron chi connectivity index (χ1n) is 7.94. The molecule has 1 saturated heterocycles. The van der Waals surface area contributed by atoms with Crippen LogP contribution in [0.25, 0.3) is 0 Å². The molecule has 2 rings (SSSR count). The van der Waals surface area contributed by atoms with E-state index in [-0.39, 0.29) is 0 Å². The summed E-state index contributed by atoms with van der Waals surface area (Å²) < 4.78 is 0. The standard InChI is InChI=1S/C16H25ClN6/c1-2-15(17)14-23(18)9-4-3-8-21-10-12-22(13-11-21)16-19-6-5-7-20-16/h2,5-7,14H,1,3-4,8-13,18H2/b15-14+. The van der Waals surface area contributed by atoms with E-state index in [1.165, 1.54) is 0 Å². The SMILES string of the molecule is C=C/C(Cl)=C\N(N)CCCCN1CCN(c2ncccn2)CC1. The second kappa shape index (κ2) is 9.50. The smallest absolute Gasteiger partial charge is 0.225 e. The number of halogens is 1. The zero-order chi connectivity index (χ0) is 16.5. The van der Waals surface area contributed by atoms with Gasteiger partial charge in [-0.05, 0) is 31.5 Å². The number of unbranched alkanes of at least 4 members (excludes halogenated alkanes) is 1. The largest absolute Gasteiger partial charge is 0.338 e. The van der Waals surface area contributed by atoms with Crippen molar-refractivity contribution in [1.82, 2.24) is 19.9 Å². The molecule has 23 heavy (non-hydrogen) atoms. The Morgan fingerprint density at radius 3 is 2.61 bits per heavy atom. The third kappa shape index (κ3) is 6.17. The van der Waals surface area contributed by atoms with Crippen LogP contribution in [0.15, 0.2) is 42.3 Å². The number of hydrogen-bond acceptors (Lipinski definition) is 6. The van der Waals surface area contributed by atoms with E-state index in [2.05, 4.69) is 26.3 Å². The Kier molecular flexibility index (Phi) is 7.32. The van der Waals surface area contributed by atoms with Crippen LogP contribution in [0.3, 0.4) is 0 Å². The molecule has 0 radical (unpaired) electrons. The first kappa shape index (κ1) is 17.7. The Bertz CT molecular complexity index is 499. The third-order valence-corrected chi connectivity index (χ3v) is 4.08. The summed E-state index contributed by atoms with van der Waals surface area (Å²) in [4.78, 5) is 13.3. The number of piperazine rings is 1. The zero-order valence-corrected chi connectivity index (χ0v) is 14.2. The first-order chi connectivity index (χ1) is 11.2. The number of anilines is 1. The van der Waals surface area contributed by atoms with Crippen LogP contribution in [0.4, 0.5) is 5.95 Å². The molecule has 0 bridgehead atoms. The molecule has 0 saturated carbocycles. The molecule has 126 valence electrons. The van der Waals surface area contributed by atoms with Gasteiger partial charge in [-0.15, -0.1) is 0 Å². The molecule has 1 aromatic rings. The van der Waals surface area contributed by atoms with Gasteiger partial charge < -0.3 is 9.91 Å². The van der Waals surface area contributed by atoms with Gasteiger partial charge in [0.05, 0.1) is 5.03 Å². The van der Waals surface area contributed by atoms with Crippen LogP contribution in [0.2, 0.25) is 0 Å². The lowest BCUT2D eigenvalue weighted by atomic mass is 10.2. The molecule has 6 nitrogen and oxygen atoms in total. The number of hydrazine groups is 1. The molecule has 1 aliphatic heterocycles. The molecule has 0 aromatic carbocycles. The predicted molar refractivity (Wildman–Crippen MR) is 94.9 cm³/mol. The van der Waals surface area contributed by atoms with Crippen LogP contribution in [-0.2, 0) is 0 Å². The zero-order valence-electron chi connectivity index (χ0n) is 13.4. The van der Waals surface area contributed by atoms with E-state index in [1.807, 2.05) is 6.07 Å². The van der Waals surface area contributed by atoms with Crippen molar-refractivity contribution in [3.63, 3.8) is 0 Å². The van der Waals surface area contributed by atoms with Crippen molar-refractivity contribution in [2.75, 3.05) is 44.2 Å². The monoisotopic (exact) mass is 336 g/mol. The number of rotatable bonds is 8. The summed E-state index contributed by atoms with van der Waals surface area (Å²) in [5.74, 6) is 6.67. The van der Waals surface area contributed by atoms with E-state index in [0.29, 0.717) is 5.03 Å². The van der Waals surface area contributed by atoms with Crippen LogP contribution in [0, 0.1) is 0 Å². The lowest BCUT2D eigenvalue weighted by Crippen LogP contribution is -2.47. The predicted octanol–water partition coefficient (Wildman–Crippen LogP) is 1.82. The van der Waals surface area contributed by atoms with Crippen molar-refractivity contribution in [3.05, 3.63) is 42.3 Å². The minimum Gasteiger partial charge on any atom is -0.338 e. The first-order valence-corrected chi connectivity index (χ1v) is 8.32. The van der Waals surface area contributed by atoms with Crippen molar-refractivity contribution < 1.29 is 0 Å². The molecule has 0 amide bonds. The van der Waals surface area contributed by atoms with Gasteiger partial charge in [-0.1, -0.05) is 18.2 Å². The van der Waals surface area contributed by atoms with Gasteiger partial charge in [-0.3, -0.25) is 4.90 Å². The van der Waals surface area contributed by atoms with Crippen LogP contribution >= 0.6 is 11.6 Å². The van der Waals surface area contributed by atoms with Gasteiger partial charge in [0.25, 0.3) is 0 Å². The molecule has 2 N–H and O–H groups in total. The summed E-state index contributed by atoms with van der Waals surface area (Å²) >= 11 is 5.86. The second-order valence-corrected chi connectivity index (χ2v) is 5.98. The highest BCUT2D eigenvalue weighted by Crippen LogP contribution is 2.10. The number of aromatic nitrogens is 2. The fourth-order valence-corrected chi connectivity index (χ4v) is 2.66. The van der Waals surface area contributed by atoms with Crippen LogP contribution in [0.1, 0.15) is 12.8 Å². The molecule has 1 aromatic heterocycles. The normalized spacial score (nSPS) is 16.4. The van der Waals surface area contributed by atoms with Gasteiger partial charge in [0, 0.05) is 51.3 Å². The number of nitrogens with two attached hydrogens (primary N) is 1. The van der Waals surface area contributed by atoms with Gasteiger partial charge >= 0.3 is 0 Å². The number of hydrogen-bond donors (Lipinski definition) is 1. The maximum atomic E-state index is 5.86. The van der Waals surface area contributed by atoms with Crippen molar-refractivity contribution in [2.45, 2.75) is 12.8 Å². The highest BCUT2D eigenvalue weighted by Gasteiger charge is 2.18. The summed E-state index contributed by atoms with van der Waals surface area (Å²) in [7, 11) is 0. The van der Waals surface area contributed by atoms with E-state index in [9.17, 15) is 0 Å². The summed E-state index contributed by atoms with van der Waals surface area (Å²) in [6.45, 7) is 9.53. The van der Waals surface area contributed by atoms with Crippen molar-refractivity contribution in [2.24, 2.45) is 5.84 Å². The van der Waals surface area contributed by atoms with E-state index < -0.39 is 0 Å². The van der Waals surface area contributed by atoms with E-state index in [4.69, 9.17) is 17.4 Å². The lowest BCUT2D eigenvalue weighted by molar-refractivity contribution is 0.246. The molecule has 0 atom stereocenters. The van der Waals surface area contributed by atoms with E-state index in [0.717, 1.165) is 58.1 Å². The van der Waals surface area contributed by atoms with Crippen molar-refractivity contribution >= 4 is 17.5 Å². The highest BCUT2D eigenvalue weighted by molar-refractivity contribution is 6.31. The Morgan fingerprint density at radius 1 is 1.26 bits per heavy atom. The number of allylic oxidation sites excluding steroid dienone is 2. The topological polar surface area (TPSA) is 61.5 Å². The van der Waals surface area contributed by atoms with Gasteiger partial charge in [0.15, 0.2) is 0 Å². The highest BCUT2D eigenvalue weighted by atomic mass is 35.5. The Labute approximate surface area is 143 Å². The molecule has 1 fully saturated rings. The number of nitrogens with zero attached hydrogens (tertiary/aromatic N) is 5. The quantitative estimate of drug-likeness (QED) is 0.338. The Hall–Kier alpha value is -1.63. The molecule has 0 unspecified atom stereocenters. The van der Waals surface area contributed by atoms with Crippen LogP contribution in [0.5, 0.6) is 0 Å². The maximum Gasteiger partial charge on any atom is 0.225 e. The average Bonchev–Trinajstić information content (AvgIpc) is 2.60. The third-order valence-electron chi connectivity index (χ3n) is 3.83. The molecule has 0 spiro atoms. The lowest BCUT2D eigenvalue weighted by Gasteiger charge is -2.34. The second-order valence-electron chi connectivity index (χ2n) is 5.54. The minimum absolute atomic E-state index is 0.562. The van der Waals surface area contributed by atoms with Crippen LogP contribution < -0.4 is 10.7 Å². The van der Waals surface area contributed by atoms with E-state index >= 15 is 0 Å². The fraction of sp³-hybridized carbons (Fsp3) is 0.500. The van der Waals surface area contributed by atoms with Gasteiger partial charge in [-0.25, -0.2) is 15.8 Å². The fourth-order valence-electron chi connectivity index (χ4n) is 2.53. The van der Waals surface area contributed by atoms with Crippen molar-refractivity contribution in [3.8, 4) is 0 Å².